The van der Waals surface area contributed by atoms with E-state index >= 15 is 0 Å². The molecule has 0 bridgehead atoms. The molecule has 0 unspecified atom stereocenters. The zero-order valence-electron chi connectivity index (χ0n) is 25.4. The fourth-order valence-corrected chi connectivity index (χ4v) is 5.08. The Morgan fingerprint density at radius 1 is 0.528 bits per heavy atom. The van der Waals surface area contributed by atoms with Crippen molar-refractivity contribution in [3.8, 4) is 0 Å². The molecule has 0 aromatic carbocycles. The second kappa shape index (κ2) is 25.8. The summed E-state index contributed by atoms with van der Waals surface area (Å²) in [5, 5.41) is 0. The lowest BCUT2D eigenvalue weighted by molar-refractivity contribution is -0.152. The molecule has 36 heavy (non-hydrogen) atoms. The van der Waals surface area contributed by atoms with Gasteiger partial charge in [-0.2, -0.15) is 0 Å². The van der Waals surface area contributed by atoms with Gasteiger partial charge in [0.05, 0.1) is 0 Å². The lowest BCUT2D eigenvalue weighted by Crippen LogP contribution is -2.28. The van der Waals surface area contributed by atoms with Crippen molar-refractivity contribution in [3.63, 3.8) is 0 Å². The standard InChI is InChI=1S/C34H66O2/c1-6-7-8-9-10-11-12-13-14-15-16-17-18-19-20-21-22-23-24-25-26-27-28-29-30-31-34(4,5)36-33(35)32(2)3/h2,6-31H2,1,3-5H3. The van der Waals surface area contributed by atoms with E-state index < -0.39 is 0 Å². The average Bonchev–Trinajstić information content (AvgIpc) is 2.83. The molecule has 0 spiro atoms. The fourth-order valence-electron chi connectivity index (χ4n) is 5.08. The van der Waals surface area contributed by atoms with E-state index in [9.17, 15) is 4.79 Å². The molecule has 0 aromatic rings. The Kier molecular flexibility index (Phi) is 25.3. The number of esters is 1. The molecule has 0 N–H and O–H groups in total. The Morgan fingerprint density at radius 3 is 1.03 bits per heavy atom. The van der Waals surface area contributed by atoms with Crippen LogP contribution in [0, 0.1) is 0 Å². The van der Waals surface area contributed by atoms with Gasteiger partial charge in [-0.15, -0.1) is 0 Å². The number of hydrogen-bond donors (Lipinski definition) is 0. The summed E-state index contributed by atoms with van der Waals surface area (Å²) in [5.41, 5.74) is 0.112. The third-order valence-electron chi connectivity index (χ3n) is 7.60. The van der Waals surface area contributed by atoms with E-state index in [1.807, 2.05) is 13.8 Å². The quantitative estimate of drug-likeness (QED) is 0.0599. The van der Waals surface area contributed by atoms with Gasteiger partial charge in [0.15, 0.2) is 0 Å². The minimum absolute atomic E-state index is 0.264. The van der Waals surface area contributed by atoms with Gasteiger partial charge in [-0.25, -0.2) is 4.79 Å². The van der Waals surface area contributed by atoms with Gasteiger partial charge >= 0.3 is 5.97 Å². The van der Waals surface area contributed by atoms with E-state index in [0.717, 1.165) is 12.8 Å². The summed E-state index contributed by atoms with van der Waals surface area (Å²) in [7, 11) is 0. The van der Waals surface area contributed by atoms with E-state index in [2.05, 4.69) is 13.5 Å². The van der Waals surface area contributed by atoms with Gasteiger partial charge in [0.1, 0.15) is 5.60 Å². The van der Waals surface area contributed by atoms with Gasteiger partial charge in [-0.05, 0) is 33.6 Å². The highest BCUT2D eigenvalue weighted by atomic mass is 16.6. The minimum Gasteiger partial charge on any atom is -0.456 e. The van der Waals surface area contributed by atoms with Crippen molar-refractivity contribution in [2.45, 2.75) is 200 Å². The molecule has 0 heterocycles. The number of hydrogen-bond acceptors (Lipinski definition) is 2. The van der Waals surface area contributed by atoms with E-state index in [-0.39, 0.29) is 11.6 Å². The van der Waals surface area contributed by atoms with Crippen LogP contribution in [0.25, 0.3) is 0 Å². The summed E-state index contributed by atoms with van der Waals surface area (Å²) < 4.78 is 5.52. The van der Waals surface area contributed by atoms with Gasteiger partial charge < -0.3 is 4.74 Å². The normalized spacial score (nSPS) is 11.7. The first-order chi connectivity index (χ1) is 17.4. The minimum atomic E-state index is -0.372. The van der Waals surface area contributed by atoms with Crippen LogP contribution in [0.15, 0.2) is 12.2 Å². The van der Waals surface area contributed by atoms with Crippen molar-refractivity contribution in [3.05, 3.63) is 12.2 Å². The van der Waals surface area contributed by atoms with Crippen LogP contribution in [0.2, 0.25) is 0 Å². The van der Waals surface area contributed by atoms with Crippen LogP contribution in [0.4, 0.5) is 0 Å². The predicted molar refractivity (Wildman–Crippen MR) is 161 cm³/mol. The van der Waals surface area contributed by atoms with Crippen LogP contribution < -0.4 is 0 Å². The Bertz CT molecular complexity index is 493. The zero-order chi connectivity index (χ0) is 26.7. The third kappa shape index (κ3) is 26.3. The predicted octanol–water partition coefficient (Wildman–Crippen LogP) is 12.0. The molecular formula is C34H66O2. The summed E-state index contributed by atoms with van der Waals surface area (Å²) in [6.45, 7) is 11.7. The van der Waals surface area contributed by atoms with E-state index in [1.165, 1.54) is 154 Å². The smallest absolute Gasteiger partial charge is 0.333 e. The maximum absolute atomic E-state index is 11.7. The Hall–Kier alpha value is -0.790. The number of rotatable bonds is 28. The van der Waals surface area contributed by atoms with Crippen LogP contribution in [0.1, 0.15) is 195 Å². The Labute approximate surface area is 227 Å². The molecule has 0 aliphatic carbocycles. The highest BCUT2D eigenvalue weighted by Gasteiger charge is 2.22. The molecule has 214 valence electrons. The first kappa shape index (κ1) is 35.2. The largest absolute Gasteiger partial charge is 0.456 e. The zero-order valence-corrected chi connectivity index (χ0v) is 25.4. The molecule has 0 atom stereocenters. The molecule has 0 aromatic heterocycles. The Morgan fingerprint density at radius 2 is 0.778 bits per heavy atom. The van der Waals surface area contributed by atoms with Crippen molar-refractivity contribution in [1.29, 1.82) is 0 Å². The van der Waals surface area contributed by atoms with Crippen molar-refractivity contribution in [2.75, 3.05) is 0 Å². The molecule has 0 aliphatic rings. The van der Waals surface area contributed by atoms with Crippen molar-refractivity contribution >= 4 is 5.97 Å². The summed E-state index contributed by atoms with van der Waals surface area (Å²) in [5.74, 6) is -0.264. The van der Waals surface area contributed by atoms with E-state index in [4.69, 9.17) is 4.74 Å². The van der Waals surface area contributed by atoms with Crippen LogP contribution in [0.3, 0.4) is 0 Å². The highest BCUT2D eigenvalue weighted by Crippen LogP contribution is 2.21. The molecule has 0 aliphatic heterocycles. The second-order valence-electron chi connectivity index (χ2n) is 12.2. The molecule has 0 saturated carbocycles. The molecular weight excluding hydrogens is 440 g/mol. The summed E-state index contributed by atoms with van der Waals surface area (Å²) in [6.07, 6.45) is 36.4. The molecule has 2 nitrogen and oxygen atoms in total. The topological polar surface area (TPSA) is 26.3 Å². The lowest BCUT2D eigenvalue weighted by Gasteiger charge is -2.25. The summed E-state index contributed by atoms with van der Waals surface area (Å²) >= 11 is 0. The van der Waals surface area contributed by atoms with Crippen molar-refractivity contribution in [1.82, 2.24) is 0 Å². The summed E-state index contributed by atoms with van der Waals surface area (Å²) in [6, 6.07) is 0. The van der Waals surface area contributed by atoms with Crippen LogP contribution >= 0.6 is 0 Å². The monoisotopic (exact) mass is 507 g/mol. The van der Waals surface area contributed by atoms with Crippen LogP contribution in [-0.4, -0.2) is 11.6 Å². The van der Waals surface area contributed by atoms with Crippen LogP contribution in [0.5, 0.6) is 0 Å². The first-order valence-electron chi connectivity index (χ1n) is 16.3. The fraction of sp³-hybridized carbons (Fsp3) is 0.912. The molecule has 0 fully saturated rings. The van der Waals surface area contributed by atoms with Gasteiger partial charge in [0.2, 0.25) is 0 Å². The molecule has 0 radical (unpaired) electrons. The van der Waals surface area contributed by atoms with E-state index in [0.29, 0.717) is 5.57 Å². The number of unbranched alkanes of at least 4 members (excludes halogenated alkanes) is 24. The third-order valence-corrected chi connectivity index (χ3v) is 7.60. The maximum atomic E-state index is 11.7. The number of carbonyl (C=O) groups is 1. The lowest BCUT2D eigenvalue weighted by atomic mass is 9.98. The van der Waals surface area contributed by atoms with Crippen molar-refractivity contribution in [2.24, 2.45) is 0 Å². The summed E-state index contributed by atoms with van der Waals surface area (Å²) in [4.78, 5) is 11.7. The molecule has 0 rings (SSSR count). The average molecular weight is 507 g/mol. The highest BCUT2D eigenvalue weighted by molar-refractivity contribution is 5.87. The van der Waals surface area contributed by atoms with Crippen molar-refractivity contribution < 1.29 is 9.53 Å². The van der Waals surface area contributed by atoms with Gasteiger partial charge in [-0.3, -0.25) is 0 Å². The maximum Gasteiger partial charge on any atom is 0.333 e. The van der Waals surface area contributed by atoms with Gasteiger partial charge in [0.25, 0.3) is 0 Å². The Balaban J connectivity index is 3.20. The SMILES string of the molecule is C=C(C)C(=O)OC(C)(C)CCCCCCCCCCCCCCCCCCCCCCCCCCC. The molecule has 0 amide bonds. The van der Waals surface area contributed by atoms with Gasteiger partial charge in [-0.1, -0.05) is 168 Å². The van der Waals surface area contributed by atoms with Gasteiger partial charge in [0, 0.05) is 5.57 Å². The number of carbonyl (C=O) groups excluding carboxylic acids is 1. The number of ether oxygens (including phenoxy) is 1. The molecule has 0 saturated heterocycles. The molecule has 2 heteroatoms. The van der Waals surface area contributed by atoms with Crippen LogP contribution in [-0.2, 0) is 9.53 Å². The first-order valence-corrected chi connectivity index (χ1v) is 16.3. The van der Waals surface area contributed by atoms with E-state index in [1.54, 1.807) is 6.92 Å². The second-order valence-corrected chi connectivity index (χ2v) is 12.2.